The summed E-state index contributed by atoms with van der Waals surface area (Å²) in [7, 11) is -3.24. The van der Waals surface area contributed by atoms with E-state index in [4.69, 9.17) is 4.89 Å². The SMILES string of the molecule is CCP(=O)(O)OBr. The van der Waals surface area contributed by atoms with Crippen molar-refractivity contribution in [3.05, 3.63) is 0 Å². The molecular weight excluding hydrogens is 183 g/mol. The summed E-state index contributed by atoms with van der Waals surface area (Å²) in [6.45, 7) is 1.57. The van der Waals surface area contributed by atoms with Crippen LogP contribution in [-0.4, -0.2) is 11.1 Å². The van der Waals surface area contributed by atoms with E-state index in [1.165, 1.54) is 0 Å². The van der Waals surface area contributed by atoms with Gasteiger partial charge in [-0.05, 0) is 0 Å². The van der Waals surface area contributed by atoms with Crippen LogP contribution in [0.2, 0.25) is 0 Å². The molecule has 1 N–H and O–H groups in total. The van der Waals surface area contributed by atoms with Gasteiger partial charge in [-0.25, -0.2) is 3.62 Å². The Morgan fingerprint density at radius 3 is 2.43 bits per heavy atom. The highest BCUT2D eigenvalue weighted by atomic mass is 79.9. The first-order valence-corrected chi connectivity index (χ1v) is 4.15. The molecule has 0 aliphatic rings. The van der Waals surface area contributed by atoms with Gasteiger partial charge in [0.2, 0.25) is 0 Å². The number of hydrogen-bond donors (Lipinski definition) is 1. The molecule has 44 valence electrons. The van der Waals surface area contributed by atoms with Crippen molar-refractivity contribution in [2.75, 3.05) is 6.16 Å². The first-order chi connectivity index (χ1) is 3.12. The second-order valence-electron chi connectivity index (χ2n) is 1.02. The zero-order valence-corrected chi connectivity index (χ0v) is 6.28. The molecule has 0 heterocycles. The van der Waals surface area contributed by atoms with Crippen LogP contribution in [0.3, 0.4) is 0 Å². The van der Waals surface area contributed by atoms with Crippen molar-refractivity contribution in [2.24, 2.45) is 0 Å². The fraction of sp³-hybridized carbons (Fsp3) is 1.00. The molecule has 0 aromatic carbocycles. The van der Waals surface area contributed by atoms with Gasteiger partial charge >= 0.3 is 7.60 Å². The fourth-order valence-electron chi connectivity index (χ4n) is 0.0488. The van der Waals surface area contributed by atoms with Gasteiger partial charge in [0, 0.05) is 6.16 Å². The molecule has 0 saturated carbocycles. The molecule has 1 unspecified atom stereocenters. The summed E-state index contributed by atoms with van der Waals surface area (Å²) in [6.07, 6.45) is 0.137. The lowest BCUT2D eigenvalue weighted by atomic mass is 11.0. The van der Waals surface area contributed by atoms with Crippen LogP contribution in [0.25, 0.3) is 0 Å². The molecule has 0 fully saturated rings. The molecule has 0 aromatic heterocycles. The maximum absolute atomic E-state index is 10.2. The van der Waals surface area contributed by atoms with E-state index in [2.05, 4.69) is 19.9 Å². The highest BCUT2D eigenvalue weighted by molar-refractivity contribution is 9.06. The van der Waals surface area contributed by atoms with E-state index in [0.717, 1.165) is 0 Å². The first kappa shape index (κ1) is 7.63. The van der Waals surface area contributed by atoms with Gasteiger partial charge in [-0.2, -0.15) is 0 Å². The Morgan fingerprint density at radius 1 is 2.00 bits per heavy atom. The lowest BCUT2D eigenvalue weighted by Gasteiger charge is -1.99. The van der Waals surface area contributed by atoms with Crippen LogP contribution in [0.15, 0.2) is 0 Å². The molecule has 1 atom stereocenters. The second kappa shape index (κ2) is 2.82. The molecule has 5 heteroatoms. The van der Waals surface area contributed by atoms with Crippen LogP contribution in [0.1, 0.15) is 6.92 Å². The maximum Gasteiger partial charge on any atom is 0.338 e. The van der Waals surface area contributed by atoms with Crippen molar-refractivity contribution in [3.63, 3.8) is 0 Å². The van der Waals surface area contributed by atoms with Gasteiger partial charge in [0.15, 0.2) is 0 Å². The molecule has 0 amide bonds. The highest BCUT2D eigenvalue weighted by Gasteiger charge is 2.12. The van der Waals surface area contributed by atoms with Crippen molar-refractivity contribution < 1.29 is 13.1 Å². The Balaban J connectivity index is 3.61. The van der Waals surface area contributed by atoms with Crippen molar-refractivity contribution in [1.29, 1.82) is 0 Å². The summed E-state index contributed by atoms with van der Waals surface area (Å²) in [5.74, 6) is 0. The fourth-order valence-corrected chi connectivity index (χ4v) is 0.761. The van der Waals surface area contributed by atoms with Crippen LogP contribution in [0.5, 0.6) is 0 Å². The average molecular weight is 189 g/mol. The monoisotopic (exact) mass is 188 g/mol. The molecule has 7 heavy (non-hydrogen) atoms. The van der Waals surface area contributed by atoms with Crippen molar-refractivity contribution in [3.8, 4) is 0 Å². The minimum Gasteiger partial charge on any atom is -0.324 e. The molecule has 0 saturated heterocycles. The number of rotatable bonds is 2. The summed E-state index contributed by atoms with van der Waals surface area (Å²) in [5.41, 5.74) is 0. The van der Waals surface area contributed by atoms with Crippen LogP contribution in [-0.2, 0) is 8.18 Å². The Kier molecular flexibility index (Phi) is 3.08. The molecule has 0 radical (unpaired) electrons. The largest absolute Gasteiger partial charge is 0.338 e. The average Bonchev–Trinajstić information content (AvgIpc) is 1.68. The van der Waals surface area contributed by atoms with Crippen LogP contribution >= 0.6 is 23.9 Å². The van der Waals surface area contributed by atoms with E-state index in [9.17, 15) is 4.57 Å². The number of halogens is 1. The van der Waals surface area contributed by atoms with Crippen molar-refractivity contribution >= 4 is 23.9 Å². The van der Waals surface area contributed by atoms with E-state index < -0.39 is 7.60 Å². The summed E-state index contributed by atoms with van der Waals surface area (Å²) < 4.78 is 14.2. The van der Waals surface area contributed by atoms with Gasteiger partial charge in [-0.1, -0.05) is 6.92 Å². The van der Waals surface area contributed by atoms with Crippen molar-refractivity contribution in [1.82, 2.24) is 0 Å². The lowest BCUT2D eigenvalue weighted by Crippen LogP contribution is -1.79. The quantitative estimate of drug-likeness (QED) is 0.669. The van der Waals surface area contributed by atoms with E-state index in [1.807, 2.05) is 0 Å². The maximum atomic E-state index is 10.2. The van der Waals surface area contributed by atoms with E-state index in [-0.39, 0.29) is 6.16 Å². The smallest absolute Gasteiger partial charge is 0.324 e. The molecule has 0 aliphatic heterocycles. The van der Waals surface area contributed by atoms with Crippen LogP contribution in [0.4, 0.5) is 0 Å². The third-order valence-electron chi connectivity index (χ3n) is 0.507. The van der Waals surface area contributed by atoms with E-state index in [1.54, 1.807) is 6.92 Å². The Hall–Kier alpha value is 0.630. The van der Waals surface area contributed by atoms with Gasteiger partial charge in [0.1, 0.15) is 16.3 Å². The normalized spacial score (nSPS) is 18.7. The minimum atomic E-state index is -3.24. The standard InChI is InChI=1S/C2H6BrO3P/c1-2-7(4,5)6-3/h2H2,1H3,(H,4,5). The third kappa shape index (κ3) is 3.23. The summed E-state index contributed by atoms with van der Waals surface area (Å²) >= 11 is 2.42. The predicted octanol–water partition coefficient (Wildman–Crippen LogP) is 1.52. The van der Waals surface area contributed by atoms with Gasteiger partial charge in [0.05, 0.1) is 0 Å². The zero-order valence-electron chi connectivity index (χ0n) is 3.80. The highest BCUT2D eigenvalue weighted by Crippen LogP contribution is 2.42. The van der Waals surface area contributed by atoms with Gasteiger partial charge in [-0.15, -0.1) is 0 Å². The summed E-state index contributed by atoms with van der Waals surface area (Å²) in [5, 5.41) is 0. The van der Waals surface area contributed by atoms with Crippen LogP contribution < -0.4 is 0 Å². The van der Waals surface area contributed by atoms with Gasteiger partial charge in [-0.3, -0.25) is 4.57 Å². The predicted molar refractivity (Wildman–Crippen MR) is 30.4 cm³/mol. The third-order valence-corrected chi connectivity index (χ3v) is 2.88. The second-order valence-corrected chi connectivity index (χ2v) is 3.94. The molecule has 0 rings (SSSR count). The molecule has 0 spiro atoms. The van der Waals surface area contributed by atoms with E-state index >= 15 is 0 Å². The van der Waals surface area contributed by atoms with Crippen LogP contribution in [0, 0.1) is 0 Å². The molecule has 3 nitrogen and oxygen atoms in total. The van der Waals surface area contributed by atoms with Crippen molar-refractivity contribution in [2.45, 2.75) is 6.92 Å². The summed E-state index contributed by atoms with van der Waals surface area (Å²) in [4.78, 5) is 8.42. The van der Waals surface area contributed by atoms with Gasteiger partial charge < -0.3 is 4.89 Å². The topological polar surface area (TPSA) is 46.5 Å². The molecule has 0 aromatic rings. The molecular formula is C2H6BrO3P. The Bertz CT molecular complexity index is 84.9. The zero-order chi connectivity index (χ0) is 5.91. The Morgan fingerprint density at radius 2 is 2.43 bits per heavy atom. The minimum absolute atomic E-state index is 0.137. The Labute approximate surface area is 50.7 Å². The lowest BCUT2D eigenvalue weighted by molar-refractivity contribution is 0.409. The van der Waals surface area contributed by atoms with Gasteiger partial charge in [0.25, 0.3) is 0 Å². The van der Waals surface area contributed by atoms with E-state index in [0.29, 0.717) is 0 Å². The summed E-state index contributed by atoms with van der Waals surface area (Å²) in [6, 6.07) is 0. The molecule has 0 aliphatic carbocycles. The number of hydrogen-bond acceptors (Lipinski definition) is 2. The first-order valence-electron chi connectivity index (χ1n) is 1.74. The molecule has 0 bridgehead atoms.